The average Bonchev–Trinajstić information content (AvgIpc) is 3.46. The summed E-state index contributed by atoms with van der Waals surface area (Å²) >= 11 is 0. The Balaban J connectivity index is 1.49. The number of piperidine rings is 2. The molecular weight excluding hydrogens is 368 g/mol. The van der Waals surface area contributed by atoms with Gasteiger partial charge in [-0.1, -0.05) is 30.3 Å². The van der Waals surface area contributed by atoms with E-state index in [1.54, 1.807) is 4.90 Å². The second-order valence-corrected chi connectivity index (χ2v) is 9.64. The van der Waals surface area contributed by atoms with Crippen molar-refractivity contribution in [3.63, 3.8) is 0 Å². The third-order valence-electron chi connectivity index (χ3n) is 6.35. The number of carbonyl (C=O) groups excluding carboxylic acids is 2. The standard InChI is InChI=1S/C23H32N2O4/c1-22(2,3)29-21(27)25-12-9-18(19(15-25)17-7-5-4-6-8-17)20(26)24-13-10-23(11-14-24)16-28-23/h4-8,18-19H,9-16H2,1-3H3/t18-,19+/m1/s1. The maximum Gasteiger partial charge on any atom is 0.410 e. The van der Waals surface area contributed by atoms with Crippen LogP contribution >= 0.6 is 0 Å². The number of hydrogen-bond donors (Lipinski definition) is 0. The third-order valence-corrected chi connectivity index (χ3v) is 6.35. The van der Waals surface area contributed by atoms with Crippen molar-refractivity contribution in [1.29, 1.82) is 0 Å². The zero-order chi connectivity index (χ0) is 20.6. The van der Waals surface area contributed by atoms with Gasteiger partial charge in [-0.05, 0) is 45.6 Å². The first kappa shape index (κ1) is 20.2. The fourth-order valence-electron chi connectivity index (χ4n) is 4.54. The molecule has 3 aliphatic rings. The van der Waals surface area contributed by atoms with E-state index < -0.39 is 5.60 Å². The molecule has 0 bridgehead atoms. The minimum Gasteiger partial charge on any atom is -0.444 e. The Hall–Kier alpha value is -2.08. The van der Waals surface area contributed by atoms with Gasteiger partial charge in [-0.15, -0.1) is 0 Å². The zero-order valence-corrected chi connectivity index (χ0v) is 17.7. The van der Waals surface area contributed by atoms with Gasteiger partial charge in [0.1, 0.15) is 5.60 Å². The summed E-state index contributed by atoms with van der Waals surface area (Å²) in [5.41, 5.74) is 0.647. The molecule has 3 saturated heterocycles. The van der Waals surface area contributed by atoms with Crippen LogP contribution in [0.1, 0.15) is 51.5 Å². The number of rotatable bonds is 2. The highest BCUT2D eigenvalue weighted by atomic mass is 16.6. The van der Waals surface area contributed by atoms with E-state index in [1.165, 1.54) is 0 Å². The van der Waals surface area contributed by atoms with Gasteiger partial charge in [0.05, 0.1) is 12.2 Å². The van der Waals surface area contributed by atoms with Crippen molar-refractivity contribution in [3.05, 3.63) is 35.9 Å². The summed E-state index contributed by atoms with van der Waals surface area (Å²) < 4.78 is 11.2. The van der Waals surface area contributed by atoms with Crippen molar-refractivity contribution in [3.8, 4) is 0 Å². The molecule has 0 aliphatic carbocycles. The van der Waals surface area contributed by atoms with E-state index in [0.29, 0.717) is 19.5 Å². The highest BCUT2D eigenvalue weighted by molar-refractivity contribution is 5.81. The van der Waals surface area contributed by atoms with E-state index in [9.17, 15) is 9.59 Å². The normalized spacial score (nSPS) is 26.3. The van der Waals surface area contributed by atoms with Crippen LogP contribution in [0.15, 0.2) is 30.3 Å². The summed E-state index contributed by atoms with van der Waals surface area (Å²) in [4.78, 5) is 29.8. The molecule has 158 valence electrons. The number of hydrogen-bond acceptors (Lipinski definition) is 4. The molecule has 0 N–H and O–H groups in total. The van der Waals surface area contributed by atoms with Crippen LogP contribution in [-0.4, -0.2) is 65.8 Å². The molecule has 3 aliphatic heterocycles. The van der Waals surface area contributed by atoms with Crippen LogP contribution in [0.5, 0.6) is 0 Å². The predicted molar refractivity (Wildman–Crippen MR) is 110 cm³/mol. The minimum atomic E-state index is -0.527. The molecule has 0 aromatic heterocycles. The number of amides is 2. The van der Waals surface area contributed by atoms with Crippen molar-refractivity contribution < 1.29 is 19.1 Å². The summed E-state index contributed by atoms with van der Waals surface area (Å²) in [5.74, 6) is 0.0986. The smallest absolute Gasteiger partial charge is 0.410 e. The van der Waals surface area contributed by atoms with E-state index >= 15 is 0 Å². The Kier molecular flexibility index (Phi) is 5.32. The first-order valence-corrected chi connectivity index (χ1v) is 10.7. The van der Waals surface area contributed by atoms with Crippen LogP contribution in [0.4, 0.5) is 4.79 Å². The molecule has 29 heavy (non-hydrogen) atoms. The van der Waals surface area contributed by atoms with Gasteiger partial charge in [0.2, 0.25) is 5.91 Å². The van der Waals surface area contributed by atoms with E-state index in [1.807, 2.05) is 43.9 Å². The van der Waals surface area contributed by atoms with E-state index in [2.05, 4.69) is 12.1 Å². The fraction of sp³-hybridized carbons (Fsp3) is 0.652. The Morgan fingerprint density at radius 1 is 1.07 bits per heavy atom. The molecule has 6 heteroatoms. The van der Waals surface area contributed by atoms with Crippen LogP contribution in [0.3, 0.4) is 0 Å². The topological polar surface area (TPSA) is 62.4 Å². The number of ether oxygens (including phenoxy) is 2. The lowest BCUT2D eigenvalue weighted by Crippen LogP contribution is -2.51. The average molecular weight is 401 g/mol. The maximum absolute atomic E-state index is 13.4. The van der Waals surface area contributed by atoms with Gasteiger partial charge < -0.3 is 19.3 Å². The molecule has 6 nitrogen and oxygen atoms in total. The molecule has 2 atom stereocenters. The van der Waals surface area contributed by atoms with Crippen LogP contribution in [0.25, 0.3) is 0 Å². The molecule has 1 spiro atoms. The van der Waals surface area contributed by atoms with E-state index in [4.69, 9.17) is 9.47 Å². The second-order valence-electron chi connectivity index (χ2n) is 9.64. The molecule has 0 saturated carbocycles. The maximum atomic E-state index is 13.4. The number of benzene rings is 1. The van der Waals surface area contributed by atoms with E-state index in [0.717, 1.165) is 38.1 Å². The highest BCUT2D eigenvalue weighted by Crippen LogP contribution is 2.40. The molecule has 0 unspecified atom stereocenters. The largest absolute Gasteiger partial charge is 0.444 e. The summed E-state index contributed by atoms with van der Waals surface area (Å²) in [6.45, 7) is 9.08. The van der Waals surface area contributed by atoms with Crippen molar-refractivity contribution in [2.24, 2.45) is 5.92 Å². The third kappa shape index (κ3) is 4.58. The Bertz CT molecular complexity index is 744. The minimum absolute atomic E-state index is 0.0157. The molecular formula is C23H32N2O4. The van der Waals surface area contributed by atoms with Crippen LogP contribution < -0.4 is 0 Å². The van der Waals surface area contributed by atoms with Crippen LogP contribution in [0, 0.1) is 5.92 Å². The summed E-state index contributed by atoms with van der Waals surface area (Å²) in [6, 6.07) is 10.1. The van der Waals surface area contributed by atoms with Gasteiger partial charge in [0.15, 0.2) is 0 Å². The zero-order valence-electron chi connectivity index (χ0n) is 17.7. The van der Waals surface area contributed by atoms with Crippen LogP contribution in [-0.2, 0) is 14.3 Å². The molecule has 3 heterocycles. The monoisotopic (exact) mass is 400 g/mol. The predicted octanol–water partition coefficient (Wildman–Crippen LogP) is 3.42. The summed E-state index contributed by atoms with van der Waals surface area (Å²) in [5, 5.41) is 0. The molecule has 4 rings (SSSR count). The molecule has 1 aromatic carbocycles. The quantitative estimate of drug-likeness (QED) is 0.714. The lowest BCUT2D eigenvalue weighted by atomic mass is 9.79. The fourth-order valence-corrected chi connectivity index (χ4v) is 4.54. The highest BCUT2D eigenvalue weighted by Gasteiger charge is 2.48. The number of likely N-dealkylation sites (tertiary alicyclic amines) is 2. The van der Waals surface area contributed by atoms with Crippen molar-refractivity contribution in [2.75, 3.05) is 32.8 Å². The lowest BCUT2D eigenvalue weighted by Gasteiger charge is -2.41. The lowest BCUT2D eigenvalue weighted by molar-refractivity contribution is -0.139. The van der Waals surface area contributed by atoms with Gasteiger partial charge in [-0.2, -0.15) is 0 Å². The van der Waals surface area contributed by atoms with Crippen molar-refractivity contribution >= 4 is 12.0 Å². The van der Waals surface area contributed by atoms with E-state index in [-0.39, 0.29) is 29.4 Å². The Morgan fingerprint density at radius 3 is 2.31 bits per heavy atom. The van der Waals surface area contributed by atoms with Gasteiger partial charge in [0, 0.05) is 38.0 Å². The van der Waals surface area contributed by atoms with Gasteiger partial charge >= 0.3 is 6.09 Å². The van der Waals surface area contributed by atoms with Gasteiger partial charge in [-0.25, -0.2) is 4.79 Å². The first-order chi connectivity index (χ1) is 13.8. The Morgan fingerprint density at radius 2 is 1.72 bits per heavy atom. The van der Waals surface area contributed by atoms with Crippen molar-refractivity contribution in [2.45, 2.75) is 57.2 Å². The molecule has 2 amide bonds. The molecule has 1 aromatic rings. The van der Waals surface area contributed by atoms with Gasteiger partial charge in [-0.3, -0.25) is 4.79 Å². The number of carbonyl (C=O) groups is 2. The van der Waals surface area contributed by atoms with Gasteiger partial charge in [0.25, 0.3) is 0 Å². The molecule has 0 radical (unpaired) electrons. The summed E-state index contributed by atoms with van der Waals surface area (Å²) in [6.07, 6.45) is 2.24. The number of epoxide rings is 1. The summed E-state index contributed by atoms with van der Waals surface area (Å²) in [7, 11) is 0. The first-order valence-electron chi connectivity index (χ1n) is 10.7. The SMILES string of the molecule is CC(C)(C)OC(=O)N1CC[C@@H](C(=O)N2CCC3(CC2)CO3)[C@H](c2ccccc2)C1. The van der Waals surface area contributed by atoms with Crippen molar-refractivity contribution in [1.82, 2.24) is 9.80 Å². The van der Waals surface area contributed by atoms with Crippen LogP contribution in [0.2, 0.25) is 0 Å². The number of nitrogens with zero attached hydrogens (tertiary/aromatic N) is 2. The molecule has 3 fully saturated rings. The Labute approximate surface area is 173 Å². The second kappa shape index (κ2) is 7.63.